The van der Waals surface area contributed by atoms with Crippen LogP contribution in [0, 0.1) is 5.41 Å². The van der Waals surface area contributed by atoms with Gasteiger partial charge in [0, 0.05) is 12.2 Å². The van der Waals surface area contributed by atoms with Crippen LogP contribution in [0.4, 0.5) is 10.5 Å². The zero-order chi connectivity index (χ0) is 19.2. The van der Waals surface area contributed by atoms with Crippen LogP contribution < -0.4 is 21.1 Å². The molecule has 1 aromatic carbocycles. The topological polar surface area (TPSA) is 131 Å². The number of urea groups is 1. The molecule has 8 nitrogen and oxygen atoms in total. The first kappa shape index (κ1) is 20.3. The number of nitrogens with one attached hydrogen (secondary N) is 2. The number of carbonyl (C=O) groups excluding carboxylic acids is 2. The van der Waals surface area contributed by atoms with E-state index in [1.54, 1.807) is 26.0 Å². The highest BCUT2D eigenvalue weighted by molar-refractivity contribution is 5.98. The Bertz CT molecular complexity index is 656. The molecule has 25 heavy (non-hydrogen) atoms. The van der Waals surface area contributed by atoms with Crippen LogP contribution in [0.5, 0.6) is 5.75 Å². The van der Waals surface area contributed by atoms with E-state index in [9.17, 15) is 14.4 Å². The Morgan fingerprint density at radius 3 is 2.44 bits per heavy atom. The molecule has 0 bridgehead atoms. The predicted octanol–water partition coefficient (Wildman–Crippen LogP) is 2.20. The predicted molar refractivity (Wildman–Crippen MR) is 93.8 cm³/mol. The molecule has 0 unspecified atom stereocenters. The van der Waals surface area contributed by atoms with Crippen LogP contribution in [-0.4, -0.2) is 35.7 Å². The summed E-state index contributed by atoms with van der Waals surface area (Å²) in [7, 11) is 0. The number of carbonyl (C=O) groups is 3. The molecule has 0 spiro atoms. The molecule has 1 rings (SSSR count). The Labute approximate surface area is 146 Å². The highest BCUT2D eigenvalue weighted by Crippen LogP contribution is 2.24. The van der Waals surface area contributed by atoms with E-state index in [0.29, 0.717) is 11.4 Å². The summed E-state index contributed by atoms with van der Waals surface area (Å²) in [6, 6.07) is 4.07. The maximum Gasteiger partial charge on any atom is 0.319 e. The van der Waals surface area contributed by atoms with Gasteiger partial charge >= 0.3 is 12.0 Å². The molecule has 0 fully saturated rings. The molecule has 0 saturated carbocycles. The Hall–Kier alpha value is -2.77. The molecule has 0 aliphatic heterocycles. The van der Waals surface area contributed by atoms with Gasteiger partial charge in [0.2, 0.25) is 0 Å². The third kappa shape index (κ3) is 6.33. The van der Waals surface area contributed by atoms with Gasteiger partial charge in [-0.3, -0.25) is 9.59 Å². The first-order valence-electron chi connectivity index (χ1n) is 7.91. The average molecular weight is 351 g/mol. The smallest absolute Gasteiger partial charge is 0.319 e. The van der Waals surface area contributed by atoms with E-state index in [4.69, 9.17) is 15.6 Å². The summed E-state index contributed by atoms with van der Waals surface area (Å²) in [6.45, 7) is 7.01. The molecule has 3 amide bonds. The molecule has 0 heterocycles. The van der Waals surface area contributed by atoms with Crippen molar-refractivity contribution in [2.45, 2.75) is 40.2 Å². The molecule has 1 aromatic rings. The summed E-state index contributed by atoms with van der Waals surface area (Å²) in [5.41, 5.74) is 4.96. The van der Waals surface area contributed by atoms with E-state index in [1.165, 1.54) is 6.07 Å². The minimum Gasteiger partial charge on any atom is -0.490 e. The number of nitrogens with two attached hydrogens (primary N) is 1. The Kier molecular flexibility index (Phi) is 6.78. The normalized spacial score (nSPS) is 11.1. The molecule has 0 saturated heterocycles. The SMILES string of the molecule is CC(C)Oc1ccc(NC(=O)NCCC(C)(C)C(=O)O)cc1C(N)=O. The molecule has 0 aliphatic rings. The average Bonchev–Trinajstić information content (AvgIpc) is 2.47. The number of hydrogen-bond acceptors (Lipinski definition) is 4. The number of rotatable bonds is 8. The van der Waals surface area contributed by atoms with Crippen LogP contribution in [0.3, 0.4) is 0 Å². The van der Waals surface area contributed by atoms with Crippen molar-refractivity contribution in [2.24, 2.45) is 11.1 Å². The lowest BCUT2D eigenvalue weighted by Crippen LogP contribution is -2.34. The second-order valence-corrected chi connectivity index (χ2v) is 6.56. The Morgan fingerprint density at radius 1 is 1.28 bits per heavy atom. The van der Waals surface area contributed by atoms with Crippen LogP contribution in [0.2, 0.25) is 0 Å². The summed E-state index contributed by atoms with van der Waals surface area (Å²) in [5.74, 6) is -1.25. The quantitative estimate of drug-likeness (QED) is 0.570. The molecular weight excluding hydrogens is 326 g/mol. The van der Waals surface area contributed by atoms with Crippen molar-refractivity contribution in [3.8, 4) is 5.75 Å². The summed E-state index contributed by atoms with van der Waals surface area (Å²) in [4.78, 5) is 34.5. The number of ether oxygens (including phenoxy) is 1. The lowest BCUT2D eigenvalue weighted by atomic mass is 9.90. The van der Waals surface area contributed by atoms with Crippen molar-refractivity contribution in [1.29, 1.82) is 0 Å². The van der Waals surface area contributed by atoms with E-state index >= 15 is 0 Å². The van der Waals surface area contributed by atoms with Crippen molar-refractivity contribution >= 4 is 23.6 Å². The van der Waals surface area contributed by atoms with Gasteiger partial charge in [0.25, 0.3) is 5.91 Å². The monoisotopic (exact) mass is 351 g/mol. The van der Waals surface area contributed by atoms with Gasteiger partial charge in [-0.15, -0.1) is 0 Å². The van der Waals surface area contributed by atoms with Crippen LogP contribution >= 0.6 is 0 Å². The van der Waals surface area contributed by atoms with Gasteiger partial charge in [0.1, 0.15) is 5.75 Å². The van der Waals surface area contributed by atoms with Crippen molar-refractivity contribution in [1.82, 2.24) is 5.32 Å². The van der Waals surface area contributed by atoms with Crippen LogP contribution in [-0.2, 0) is 4.79 Å². The fourth-order valence-corrected chi connectivity index (χ4v) is 1.93. The summed E-state index contributed by atoms with van der Waals surface area (Å²) < 4.78 is 5.51. The standard InChI is InChI=1S/C17H25N3O5/c1-10(2)25-13-6-5-11(9-12(13)14(18)21)20-16(24)19-8-7-17(3,4)15(22)23/h5-6,9-10H,7-8H2,1-4H3,(H2,18,21)(H,22,23)(H2,19,20,24). The van der Waals surface area contributed by atoms with Crippen LogP contribution in [0.25, 0.3) is 0 Å². The Morgan fingerprint density at radius 2 is 1.92 bits per heavy atom. The summed E-state index contributed by atoms with van der Waals surface area (Å²) in [5, 5.41) is 14.2. The number of carboxylic acid groups (broad SMARTS) is 1. The molecule has 0 radical (unpaired) electrons. The lowest BCUT2D eigenvalue weighted by molar-refractivity contribution is -0.147. The second-order valence-electron chi connectivity index (χ2n) is 6.56. The molecule has 5 N–H and O–H groups in total. The van der Waals surface area contributed by atoms with E-state index in [0.717, 1.165) is 0 Å². The number of carboxylic acids is 1. The number of benzene rings is 1. The third-order valence-electron chi connectivity index (χ3n) is 3.48. The van der Waals surface area contributed by atoms with E-state index in [-0.39, 0.29) is 24.6 Å². The van der Waals surface area contributed by atoms with E-state index in [2.05, 4.69) is 10.6 Å². The third-order valence-corrected chi connectivity index (χ3v) is 3.48. The van der Waals surface area contributed by atoms with Gasteiger partial charge in [-0.1, -0.05) is 0 Å². The fraction of sp³-hybridized carbons (Fsp3) is 0.471. The largest absolute Gasteiger partial charge is 0.490 e. The first-order chi connectivity index (χ1) is 11.5. The molecule has 8 heteroatoms. The molecule has 0 aromatic heterocycles. The molecule has 0 aliphatic carbocycles. The van der Waals surface area contributed by atoms with Gasteiger partial charge in [0.05, 0.1) is 17.1 Å². The lowest BCUT2D eigenvalue weighted by Gasteiger charge is -2.19. The van der Waals surface area contributed by atoms with Crippen LogP contribution in [0.1, 0.15) is 44.5 Å². The van der Waals surface area contributed by atoms with Gasteiger partial charge in [-0.05, 0) is 52.3 Å². The number of hydrogen-bond donors (Lipinski definition) is 4. The van der Waals surface area contributed by atoms with Crippen molar-refractivity contribution in [3.63, 3.8) is 0 Å². The van der Waals surface area contributed by atoms with Gasteiger partial charge in [-0.25, -0.2) is 4.79 Å². The maximum absolute atomic E-state index is 11.9. The minimum absolute atomic E-state index is 0.127. The fourth-order valence-electron chi connectivity index (χ4n) is 1.93. The van der Waals surface area contributed by atoms with Gasteiger partial charge in [-0.2, -0.15) is 0 Å². The van der Waals surface area contributed by atoms with Crippen molar-refractivity contribution < 1.29 is 24.2 Å². The highest BCUT2D eigenvalue weighted by atomic mass is 16.5. The van der Waals surface area contributed by atoms with Gasteiger partial charge < -0.3 is 26.2 Å². The zero-order valence-corrected chi connectivity index (χ0v) is 14.9. The first-order valence-corrected chi connectivity index (χ1v) is 7.91. The number of aliphatic carboxylic acids is 1. The van der Waals surface area contributed by atoms with Crippen molar-refractivity contribution in [3.05, 3.63) is 23.8 Å². The summed E-state index contributed by atoms with van der Waals surface area (Å²) in [6.07, 6.45) is 0.154. The van der Waals surface area contributed by atoms with E-state index < -0.39 is 23.3 Å². The second kappa shape index (κ2) is 8.36. The number of primary amides is 1. The van der Waals surface area contributed by atoms with E-state index in [1.807, 2.05) is 13.8 Å². The molecular formula is C17H25N3O5. The zero-order valence-electron chi connectivity index (χ0n) is 14.9. The van der Waals surface area contributed by atoms with Crippen LogP contribution in [0.15, 0.2) is 18.2 Å². The Balaban J connectivity index is 2.70. The summed E-state index contributed by atoms with van der Waals surface area (Å²) >= 11 is 0. The number of amides is 3. The molecule has 0 atom stereocenters. The molecule has 138 valence electrons. The van der Waals surface area contributed by atoms with Crippen molar-refractivity contribution in [2.75, 3.05) is 11.9 Å². The van der Waals surface area contributed by atoms with Gasteiger partial charge in [0.15, 0.2) is 0 Å². The maximum atomic E-state index is 11.9. The minimum atomic E-state index is -0.929. The highest BCUT2D eigenvalue weighted by Gasteiger charge is 2.26. The number of anilines is 1.